The maximum atomic E-state index is 12.5. The molecule has 1 aliphatic rings. The van der Waals surface area contributed by atoms with Gasteiger partial charge in [-0.2, -0.15) is 0 Å². The van der Waals surface area contributed by atoms with Crippen LogP contribution in [0.3, 0.4) is 0 Å². The lowest BCUT2D eigenvalue weighted by Gasteiger charge is -2.14. The van der Waals surface area contributed by atoms with Crippen LogP contribution in [-0.4, -0.2) is 38.0 Å². The van der Waals surface area contributed by atoms with E-state index in [2.05, 4.69) is 0 Å². The van der Waals surface area contributed by atoms with Gasteiger partial charge in [0.2, 0.25) is 0 Å². The summed E-state index contributed by atoms with van der Waals surface area (Å²) in [6, 6.07) is 2.87. The summed E-state index contributed by atoms with van der Waals surface area (Å²) < 4.78 is 30.0. The zero-order chi connectivity index (χ0) is 14.2. The molecular weight excluding hydrogens is 268 g/mol. The number of ether oxygens (including phenoxy) is 1. The van der Waals surface area contributed by atoms with Gasteiger partial charge in [0.25, 0.3) is 0 Å². The van der Waals surface area contributed by atoms with E-state index in [1.54, 1.807) is 19.9 Å². The van der Waals surface area contributed by atoms with Crippen molar-refractivity contribution < 1.29 is 23.1 Å². The molecule has 0 saturated carbocycles. The first-order valence-electron chi connectivity index (χ1n) is 6.00. The second-order valence-corrected chi connectivity index (χ2v) is 6.96. The van der Waals surface area contributed by atoms with E-state index in [0.717, 1.165) is 0 Å². The molecule has 1 saturated heterocycles. The van der Waals surface area contributed by atoms with E-state index in [-0.39, 0.29) is 17.1 Å². The first-order valence-corrected chi connectivity index (χ1v) is 7.55. The molecule has 2 rings (SSSR count). The molecule has 1 fully saturated rings. The van der Waals surface area contributed by atoms with Crippen LogP contribution in [0.4, 0.5) is 0 Å². The number of hydrogen-bond acceptors (Lipinski definition) is 4. The first kappa shape index (κ1) is 14.0. The number of carboxylic acid groups (broad SMARTS) is 1. The molecule has 1 aromatic carbocycles. The Morgan fingerprint density at radius 1 is 1.32 bits per heavy atom. The minimum Gasteiger partial charge on any atom is -0.478 e. The van der Waals surface area contributed by atoms with E-state index in [0.29, 0.717) is 24.2 Å². The standard InChI is InChI=1S/C13H16O5S/c1-8-5-9(2)12(6-11(8)13(14)15)19(16,17)10-3-4-18-7-10/h5-6,10H,3-4,7H2,1-2H3,(H,14,15). The lowest BCUT2D eigenvalue weighted by atomic mass is 10.1. The van der Waals surface area contributed by atoms with Crippen LogP contribution in [0.2, 0.25) is 0 Å². The molecule has 1 atom stereocenters. The summed E-state index contributed by atoms with van der Waals surface area (Å²) in [7, 11) is -3.53. The highest BCUT2D eigenvalue weighted by Gasteiger charge is 2.32. The minimum atomic E-state index is -3.53. The van der Waals surface area contributed by atoms with Gasteiger partial charge in [-0.15, -0.1) is 0 Å². The summed E-state index contributed by atoms with van der Waals surface area (Å²) in [5.41, 5.74) is 1.17. The minimum absolute atomic E-state index is 0.0306. The van der Waals surface area contributed by atoms with Crippen LogP contribution in [0, 0.1) is 13.8 Å². The summed E-state index contributed by atoms with van der Waals surface area (Å²) in [5.74, 6) is -1.11. The van der Waals surface area contributed by atoms with Gasteiger partial charge in [0, 0.05) is 6.61 Å². The smallest absolute Gasteiger partial charge is 0.335 e. The fourth-order valence-electron chi connectivity index (χ4n) is 2.31. The highest BCUT2D eigenvalue weighted by Crippen LogP contribution is 2.27. The van der Waals surface area contributed by atoms with Crippen molar-refractivity contribution in [3.8, 4) is 0 Å². The number of hydrogen-bond donors (Lipinski definition) is 1. The Morgan fingerprint density at radius 3 is 2.53 bits per heavy atom. The van der Waals surface area contributed by atoms with Gasteiger partial charge in [0.05, 0.1) is 22.3 Å². The molecule has 0 spiro atoms. The van der Waals surface area contributed by atoms with Crippen molar-refractivity contribution in [2.75, 3.05) is 13.2 Å². The molecule has 104 valence electrons. The van der Waals surface area contributed by atoms with Crippen LogP contribution in [0.25, 0.3) is 0 Å². The SMILES string of the molecule is Cc1cc(C)c(S(=O)(=O)C2CCOC2)cc1C(=O)O. The number of benzene rings is 1. The highest BCUT2D eigenvalue weighted by molar-refractivity contribution is 7.92. The monoisotopic (exact) mass is 284 g/mol. The van der Waals surface area contributed by atoms with E-state index in [1.165, 1.54) is 6.07 Å². The van der Waals surface area contributed by atoms with Gasteiger partial charge < -0.3 is 9.84 Å². The number of aryl methyl sites for hydroxylation is 2. The quantitative estimate of drug-likeness (QED) is 0.911. The van der Waals surface area contributed by atoms with Crippen molar-refractivity contribution >= 4 is 15.8 Å². The van der Waals surface area contributed by atoms with Crippen LogP contribution in [0.5, 0.6) is 0 Å². The summed E-state index contributed by atoms with van der Waals surface area (Å²) in [4.78, 5) is 11.2. The summed E-state index contributed by atoms with van der Waals surface area (Å²) in [6.07, 6.45) is 0.456. The van der Waals surface area contributed by atoms with Gasteiger partial charge in [0.15, 0.2) is 9.84 Å². The third-order valence-electron chi connectivity index (χ3n) is 3.39. The van der Waals surface area contributed by atoms with Crippen LogP contribution >= 0.6 is 0 Å². The molecule has 1 unspecified atom stereocenters. The molecule has 1 aromatic rings. The Labute approximate surface area is 112 Å². The second-order valence-electron chi connectivity index (χ2n) is 4.77. The molecule has 0 radical (unpaired) electrons. The lowest BCUT2D eigenvalue weighted by molar-refractivity contribution is 0.0696. The Bertz CT molecular complexity index is 612. The molecule has 0 amide bonds. The summed E-state index contributed by atoms with van der Waals surface area (Å²) in [5, 5.41) is 8.52. The van der Waals surface area contributed by atoms with E-state index in [9.17, 15) is 13.2 Å². The lowest BCUT2D eigenvalue weighted by Crippen LogP contribution is -2.23. The third kappa shape index (κ3) is 2.50. The topological polar surface area (TPSA) is 80.7 Å². The van der Waals surface area contributed by atoms with Gasteiger partial charge in [-0.3, -0.25) is 0 Å². The number of carbonyl (C=O) groups is 1. The molecule has 1 aliphatic heterocycles. The van der Waals surface area contributed by atoms with Crippen molar-refractivity contribution in [3.05, 3.63) is 28.8 Å². The Morgan fingerprint density at radius 2 is 2.00 bits per heavy atom. The zero-order valence-electron chi connectivity index (χ0n) is 10.8. The predicted octanol–water partition coefficient (Wildman–Crippen LogP) is 1.56. The number of sulfone groups is 1. The second kappa shape index (κ2) is 4.94. The molecule has 0 bridgehead atoms. The number of aromatic carboxylic acids is 1. The van der Waals surface area contributed by atoms with E-state index < -0.39 is 21.1 Å². The van der Waals surface area contributed by atoms with Crippen molar-refractivity contribution in [2.24, 2.45) is 0 Å². The van der Waals surface area contributed by atoms with Crippen LogP contribution in [0.15, 0.2) is 17.0 Å². The van der Waals surface area contributed by atoms with Gasteiger partial charge >= 0.3 is 5.97 Å². The molecule has 1 N–H and O–H groups in total. The van der Waals surface area contributed by atoms with E-state index in [1.807, 2.05) is 0 Å². The first-order chi connectivity index (χ1) is 8.84. The van der Waals surface area contributed by atoms with Crippen LogP contribution < -0.4 is 0 Å². The van der Waals surface area contributed by atoms with Gasteiger partial charge in [-0.1, -0.05) is 6.07 Å². The normalized spacial score (nSPS) is 19.6. The fourth-order valence-corrected chi connectivity index (χ4v) is 4.14. The van der Waals surface area contributed by atoms with E-state index >= 15 is 0 Å². The van der Waals surface area contributed by atoms with Crippen LogP contribution in [0.1, 0.15) is 27.9 Å². The molecule has 19 heavy (non-hydrogen) atoms. The molecule has 0 aromatic heterocycles. The Kier molecular flexibility index (Phi) is 3.64. The Hall–Kier alpha value is -1.40. The van der Waals surface area contributed by atoms with Gasteiger partial charge in [-0.25, -0.2) is 13.2 Å². The maximum absolute atomic E-state index is 12.5. The van der Waals surface area contributed by atoms with E-state index in [4.69, 9.17) is 9.84 Å². The fraction of sp³-hybridized carbons (Fsp3) is 0.462. The molecule has 6 heteroatoms. The maximum Gasteiger partial charge on any atom is 0.335 e. The van der Waals surface area contributed by atoms with Crippen molar-refractivity contribution in [1.29, 1.82) is 0 Å². The average Bonchev–Trinajstić information content (AvgIpc) is 2.81. The predicted molar refractivity (Wildman–Crippen MR) is 69.3 cm³/mol. The number of rotatable bonds is 3. The van der Waals surface area contributed by atoms with Crippen molar-refractivity contribution in [1.82, 2.24) is 0 Å². The molecule has 0 aliphatic carbocycles. The molecule has 5 nitrogen and oxygen atoms in total. The molecular formula is C13H16O5S. The van der Waals surface area contributed by atoms with Crippen LogP contribution in [-0.2, 0) is 14.6 Å². The van der Waals surface area contributed by atoms with Gasteiger partial charge in [-0.05, 0) is 37.5 Å². The largest absolute Gasteiger partial charge is 0.478 e. The molecule has 1 heterocycles. The summed E-state index contributed by atoms with van der Waals surface area (Å²) in [6.45, 7) is 3.95. The van der Waals surface area contributed by atoms with Crippen molar-refractivity contribution in [2.45, 2.75) is 30.4 Å². The van der Waals surface area contributed by atoms with Gasteiger partial charge in [0.1, 0.15) is 0 Å². The number of carboxylic acids is 1. The van der Waals surface area contributed by atoms with Crippen molar-refractivity contribution in [3.63, 3.8) is 0 Å². The highest BCUT2D eigenvalue weighted by atomic mass is 32.2. The average molecular weight is 284 g/mol. The Balaban J connectivity index is 2.55. The third-order valence-corrected chi connectivity index (χ3v) is 5.69. The summed E-state index contributed by atoms with van der Waals surface area (Å²) >= 11 is 0. The zero-order valence-corrected chi connectivity index (χ0v) is 11.7.